The first-order valence-corrected chi connectivity index (χ1v) is 10.1. The van der Waals surface area contributed by atoms with Crippen molar-refractivity contribution >= 4 is 0 Å². The molecule has 4 heteroatoms. The van der Waals surface area contributed by atoms with Crippen LogP contribution in [0.2, 0.25) is 0 Å². The van der Waals surface area contributed by atoms with E-state index in [9.17, 15) is 10.2 Å². The highest BCUT2D eigenvalue weighted by atomic mass is 16.5. The molecule has 1 aromatic rings. The number of phenolic OH excluding ortho intramolecular Hbond substituents is 1. The lowest BCUT2D eigenvalue weighted by Crippen LogP contribution is -2.45. The van der Waals surface area contributed by atoms with Crippen molar-refractivity contribution in [2.45, 2.75) is 78.2 Å². The number of phenols is 1. The standard InChI is InChI=1S/C22H39NO3/c1-17(2)8-6-5-7-13-26-20-10-9-19(21(25)14-20)11-12-22(23,16-24)15-18(3)4/h9-10,14,17-18,24-25H,5-8,11-13,15-16,23H2,1-4H3/t22-/m0/s1. The Morgan fingerprint density at radius 1 is 1.08 bits per heavy atom. The number of aromatic hydroxyl groups is 1. The van der Waals surface area contributed by atoms with E-state index in [2.05, 4.69) is 27.7 Å². The molecule has 1 atom stereocenters. The highest BCUT2D eigenvalue weighted by Crippen LogP contribution is 2.27. The van der Waals surface area contributed by atoms with Gasteiger partial charge in [0.2, 0.25) is 0 Å². The van der Waals surface area contributed by atoms with Gasteiger partial charge >= 0.3 is 0 Å². The minimum absolute atomic E-state index is 0.0378. The maximum absolute atomic E-state index is 10.3. The largest absolute Gasteiger partial charge is 0.508 e. The number of hydrogen-bond donors (Lipinski definition) is 3. The smallest absolute Gasteiger partial charge is 0.122 e. The third-order valence-corrected chi connectivity index (χ3v) is 4.77. The average molecular weight is 366 g/mol. The van der Waals surface area contributed by atoms with Crippen LogP contribution in [0.25, 0.3) is 0 Å². The third kappa shape index (κ3) is 8.91. The summed E-state index contributed by atoms with van der Waals surface area (Å²) in [5.74, 6) is 2.14. The number of rotatable bonds is 13. The number of hydrogen-bond acceptors (Lipinski definition) is 4. The zero-order chi connectivity index (χ0) is 19.6. The van der Waals surface area contributed by atoms with E-state index in [-0.39, 0.29) is 12.4 Å². The van der Waals surface area contributed by atoms with Gasteiger partial charge in [-0.15, -0.1) is 0 Å². The Labute approximate surface area is 159 Å². The summed E-state index contributed by atoms with van der Waals surface area (Å²) in [6.07, 6.45) is 6.78. The SMILES string of the molecule is CC(C)CCCCCOc1ccc(CC[C@@](N)(CO)CC(C)C)c(O)c1. The fourth-order valence-electron chi connectivity index (χ4n) is 3.31. The van der Waals surface area contributed by atoms with Crippen molar-refractivity contribution in [2.75, 3.05) is 13.2 Å². The molecule has 26 heavy (non-hydrogen) atoms. The van der Waals surface area contributed by atoms with Crippen molar-refractivity contribution in [1.29, 1.82) is 0 Å². The van der Waals surface area contributed by atoms with Crippen molar-refractivity contribution in [1.82, 2.24) is 0 Å². The Morgan fingerprint density at radius 3 is 2.38 bits per heavy atom. The molecule has 0 saturated heterocycles. The van der Waals surface area contributed by atoms with Gasteiger partial charge in [-0.05, 0) is 49.1 Å². The minimum atomic E-state index is -0.592. The van der Waals surface area contributed by atoms with E-state index in [4.69, 9.17) is 10.5 Å². The second-order valence-corrected chi connectivity index (χ2v) is 8.50. The van der Waals surface area contributed by atoms with Gasteiger partial charge in [0.15, 0.2) is 0 Å². The molecule has 4 N–H and O–H groups in total. The molecule has 150 valence electrons. The van der Waals surface area contributed by atoms with Gasteiger partial charge in [0.05, 0.1) is 13.2 Å². The lowest BCUT2D eigenvalue weighted by molar-refractivity contribution is 0.165. The van der Waals surface area contributed by atoms with Gasteiger partial charge in [-0.1, -0.05) is 53.0 Å². The molecule has 4 nitrogen and oxygen atoms in total. The van der Waals surface area contributed by atoms with Crippen molar-refractivity contribution in [3.05, 3.63) is 23.8 Å². The fraction of sp³-hybridized carbons (Fsp3) is 0.727. The van der Waals surface area contributed by atoms with Crippen LogP contribution in [0.1, 0.15) is 71.8 Å². The van der Waals surface area contributed by atoms with Crippen molar-refractivity contribution in [3.8, 4) is 11.5 Å². The number of nitrogens with two attached hydrogens (primary N) is 1. The highest BCUT2D eigenvalue weighted by Gasteiger charge is 2.25. The molecule has 0 aliphatic rings. The van der Waals surface area contributed by atoms with E-state index < -0.39 is 5.54 Å². The maximum Gasteiger partial charge on any atom is 0.122 e. The first-order valence-electron chi connectivity index (χ1n) is 10.1. The Morgan fingerprint density at radius 2 is 1.81 bits per heavy atom. The molecule has 0 aliphatic heterocycles. The van der Waals surface area contributed by atoms with Crippen LogP contribution in [0, 0.1) is 11.8 Å². The monoisotopic (exact) mass is 365 g/mol. The van der Waals surface area contributed by atoms with E-state index in [1.807, 2.05) is 12.1 Å². The molecule has 0 amide bonds. The Hall–Kier alpha value is -1.26. The molecule has 0 bridgehead atoms. The first-order chi connectivity index (χ1) is 12.3. The normalized spacial score (nSPS) is 14.0. The molecule has 1 aromatic carbocycles. The molecule has 0 heterocycles. The molecule has 0 unspecified atom stereocenters. The van der Waals surface area contributed by atoms with E-state index in [1.165, 1.54) is 19.3 Å². The van der Waals surface area contributed by atoms with Crippen LogP contribution < -0.4 is 10.5 Å². The molecular weight excluding hydrogens is 326 g/mol. The van der Waals surface area contributed by atoms with Crippen molar-refractivity contribution in [2.24, 2.45) is 17.6 Å². The quantitative estimate of drug-likeness (QED) is 0.445. The molecule has 0 aliphatic carbocycles. The average Bonchev–Trinajstić information content (AvgIpc) is 2.56. The van der Waals surface area contributed by atoms with Crippen molar-refractivity contribution < 1.29 is 14.9 Å². The predicted molar refractivity (Wildman–Crippen MR) is 109 cm³/mol. The molecule has 0 aromatic heterocycles. The lowest BCUT2D eigenvalue weighted by atomic mass is 9.85. The second kappa shape index (κ2) is 11.5. The molecule has 0 fully saturated rings. The number of unbranched alkanes of at least 4 members (excludes halogenated alkanes) is 2. The second-order valence-electron chi connectivity index (χ2n) is 8.50. The summed E-state index contributed by atoms with van der Waals surface area (Å²) < 4.78 is 5.74. The third-order valence-electron chi connectivity index (χ3n) is 4.77. The van der Waals surface area contributed by atoms with Gasteiger partial charge in [0.1, 0.15) is 11.5 Å². The summed E-state index contributed by atoms with van der Waals surface area (Å²) in [6.45, 7) is 9.34. The van der Waals surface area contributed by atoms with Crippen LogP contribution in [0.3, 0.4) is 0 Å². The van der Waals surface area contributed by atoms with Gasteiger partial charge in [-0.2, -0.15) is 0 Å². The van der Waals surface area contributed by atoms with E-state index in [0.717, 1.165) is 24.3 Å². The molecular formula is C22H39NO3. The topological polar surface area (TPSA) is 75.7 Å². The summed E-state index contributed by atoms with van der Waals surface area (Å²) in [6, 6.07) is 5.49. The van der Waals surface area contributed by atoms with Crippen LogP contribution >= 0.6 is 0 Å². The first kappa shape index (κ1) is 22.8. The maximum atomic E-state index is 10.3. The number of aliphatic hydroxyl groups excluding tert-OH is 1. The van der Waals surface area contributed by atoms with E-state index in [1.54, 1.807) is 6.07 Å². The highest BCUT2D eigenvalue weighted by molar-refractivity contribution is 5.39. The summed E-state index contributed by atoms with van der Waals surface area (Å²) >= 11 is 0. The summed E-state index contributed by atoms with van der Waals surface area (Å²) in [5, 5.41) is 19.9. The van der Waals surface area contributed by atoms with Gasteiger partial charge in [0, 0.05) is 11.6 Å². The number of aryl methyl sites for hydroxylation is 1. The van der Waals surface area contributed by atoms with Gasteiger partial charge < -0.3 is 20.7 Å². The molecule has 0 saturated carbocycles. The van der Waals surface area contributed by atoms with Crippen LogP contribution in [-0.4, -0.2) is 29.0 Å². The van der Waals surface area contributed by atoms with Crippen molar-refractivity contribution in [3.63, 3.8) is 0 Å². The Kier molecular flexibility index (Phi) is 10.0. The van der Waals surface area contributed by atoms with Gasteiger partial charge in [-0.25, -0.2) is 0 Å². The molecule has 0 spiro atoms. The number of aliphatic hydroxyl groups is 1. The lowest BCUT2D eigenvalue weighted by Gasteiger charge is -2.29. The van der Waals surface area contributed by atoms with Gasteiger partial charge in [-0.3, -0.25) is 0 Å². The van der Waals surface area contributed by atoms with Crippen LogP contribution in [0.15, 0.2) is 18.2 Å². The van der Waals surface area contributed by atoms with E-state index >= 15 is 0 Å². The summed E-state index contributed by atoms with van der Waals surface area (Å²) in [4.78, 5) is 0. The van der Waals surface area contributed by atoms with E-state index in [0.29, 0.717) is 31.1 Å². The minimum Gasteiger partial charge on any atom is -0.508 e. The summed E-state index contributed by atoms with van der Waals surface area (Å²) in [7, 11) is 0. The summed E-state index contributed by atoms with van der Waals surface area (Å²) in [5.41, 5.74) is 6.55. The van der Waals surface area contributed by atoms with Crippen LogP contribution in [0.4, 0.5) is 0 Å². The zero-order valence-electron chi connectivity index (χ0n) is 17.1. The molecule has 1 rings (SSSR count). The Balaban J connectivity index is 2.44. The van der Waals surface area contributed by atoms with Crippen LogP contribution in [0.5, 0.6) is 11.5 Å². The Bertz CT molecular complexity index is 516. The van der Waals surface area contributed by atoms with Gasteiger partial charge in [0.25, 0.3) is 0 Å². The number of benzene rings is 1. The predicted octanol–water partition coefficient (Wildman–Crippen LogP) is 4.66. The molecule has 0 radical (unpaired) electrons. The zero-order valence-corrected chi connectivity index (χ0v) is 17.1. The van der Waals surface area contributed by atoms with Crippen LogP contribution in [-0.2, 0) is 6.42 Å². The fourth-order valence-corrected chi connectivity index (χ4v) is 3.31. The number of ether oxygens (including phenoxy) is 1.